The lowest BCUT2D eigenvalue weighted by atomic mass is 10.00. The minimum absolute atomic E-state index is 0.0724. The topological polar surface area (TPSA) is 17.1 Å². The first-order chi connectivity index (χ1) is 10.8. The highest BCUT2D eigenvalue weighted by molar-refractivity contribution is 7.79. The van der Waals surface area contributed by atoms with Crippen molar-refractivity contribution in [3.63, 3.8) is 0 Å². The molecule has 0 saturated heterocycles. The second kappa shape index (κ2) is 11.7. The number of hydrogen-bond donors (Lipinski definition) is 1. The van der Waals surface area contributed by atoms with Crippen molar-refractivity contribution in [2.75, 3.05) is 6.26 Å². The molecule has 1 rings (SSSR count). The molecular formula is C19H27ClOS2. The highest BCUT2D eigenvalue weighted by Gasteiger charge is 2.08. The zero-order valence-electron chi connectivity index (χ0n) is 14.5. The summed E-state index contributed by atoms with van der Waals surface area (Å²) in [7, 11) is 0. The summed E-state index contributed by atoms with van der Waals surface area (Å²) in [5.41, 5.74) is 2.93. The van der Waals surface area contributed by atoms with Crippen LogP contribution in [0.5, 0.6) is 0 Å². The number of thiophene rings is 1. The Balaban J connectivity index is 0.00000232. The van der Waals surface area contributed by atoms with Crippen LogP contribution < -0.4 is 0 Å². The second-order valence-corrected chi connectivity index (χ2v) is 7.37. The van der Waals surface area contributed by atoms with Gasteiger partial charge in [0.15, 0.2) is 5.78 Å². The normalized spacial score (nSPS) is 10.8. The van der Waals surface area contributed by atoms with Crippen LogP contribution in [0.2, 0.25) is 0 Å². The number of hydrogen-bond acceptors (Lipinski definition) is 3. The Morgan fingerprint density at radius 1 is 1.26 bits per heavy atom. The molecule has 0 aliphatic heterocycles. The molecule has 0 amide bonds. The number of thiol groups is 1. The van der Waals surface area contributed by atoms with E-state index in [0.29, 0.717) is 17.0 Å². The van der Waals surface area contributed by atoms with Crippen molar-refractivity contribution in [3.8, 4) is 0 Å². The predicted octanol–water partition coefficient (Wildman–Crippen LogP) is 6.75. The van der Waals surface area contributed by atoms with E-state index in [1.807, 2.05) is 0 Å². The van der Waals surface area contributed by atoms with Crippen LogP contribution in [0.4, 0.5) is 0 Å². The molecule has 128 valence electrons. The first-order valence-electron chi connectivity index (χ1n) is 7.57. The van der Waals surface area contributed by atoms with Crippen LogP contribution in [0.3, 0.4) is 0 Å². The first kappa shape index (κ1) is 22.2. The Hall–Kier alpha value is -0.770. The number of unbranched alkanes of at least 4 members (excludes halogenated alkanes) is 1. The average Bonchev–Trinajstić information content (AvgIpc) is 2.83. The van der Waals surface area contributed by atoms with Crippen LogP contribution >= 0.6 is 35.6 Å². The van der Waals surface area contributed by atoms with E-state index in [1.165, 1.54) is 20.9 Å². The van der Waals surface area contributed by atoms with Gasteiger partial charge in [-0.05, 0) is 69.6 Å². The molecule has 1 aromatic heterocycles. The van der Waals surface area contributed by atoms with Gasteiger partial charge in [0.1, 0.15) is 0 Å². The Morgan fingerprint density at radius 2 is 1.83 bits per heavy atom. The summed E-state index contributed by atoms with van der Waals surface area (Å²) < 4.78 is 0. The summed E-state index contributed by atoms with van der Waals surface area (Å²) in [6.07, 6.45) is 6.60. The van der Waals surface area contributed by atoms with Crippen LogP contribution in [0.25, 0.3) is 5.57 Å². The fraction of sp³-hybridized carbons (Fsp3) is 0.421. The zero-order chi connectivity index (χ0) is 18.0. The van der Waals surface area contributed by atoms with Gasteiger partial charge in [-0.3, -0.25) is 4.79 Å². The molecule has 0 N–H and O–H groups in total. The third-order valence-corrected chi connectivity index (χ3v) is 4.36. The minimum Gasteiger partial charge on any atom is -0.294 e. The van der Waals surface area contributed by atoms with E-state index >= 15 is 0 Å². The van der Waals surface area contributed by atoms with Gasteiger partial charge >= 0.3 is 0 Å². The number of ketones is 1. The van der Waals surface area contributed by atoms with Crippen LogP contribution in [0.15, 0.2) is 35.9 Å². The molecule has 0 aromatic carbocycles. The third-order valence-electron chi connectivity index (χ3n) is 3.29. The maximum atomic E-state index is 11.8. The van der Waals surface area contributed by atoms with Crippen molar-refractivity contribution in [2.45, 2.75) is 46.5 Å². The standard InChI is InChI=1S/C18H23ClOS.CH4S/c1-12(17-11-15(4)21-16(17)5)8-6-7-9-18(20)13(2)10-14(3)19;1-2/h10-11H,1-2,6-9H2,3-5H3;2H,1H3/b14-10+;. The summed E-state index contributed by atoms with van der Waals surface area (Å²) in [4.78, 5) is 14.5. The summed E-state index contributed by atoms with van der Waals surface area (Å²) >= 11 is 11.1. The number of carbonyl (C=O) groups excluding carboxylic acids is 1. The number of Topliss-reactive ketones (excluding diaryl/α,β-unsaturated/α-hetero) is 1. The summed E-state index contributed by atoms with van der Waals surface area (Å²) in [6, 6.07) is 2.20. The van der Waals surface area contributed by atoms with Gasteiger partial charge in [0.05, 0.1) is 0 Å². The van der Waals surface area contributed by atoms with Gasteiger partial charge < -0.3 is 0 Å². The quantitative estimate of drug-likeness (QED) is 0.231. The Morgan fingerprint density at radius 3 is 2.30 bits per heavy atom. The average molecular weight is 371 g/mol. The van der Waals surface area contributed by atoms with Crippen LogP contribution in [0.1, 0.15) is 47.9 Å². The Kier molecular flexibility index (Phi) is 11.3. The van der Waals surface area contributed by atoms with E-state index in [-0.39, 0.29) is 5.78 Å². The van der Waals surface area contributed by atoms with Gasteiger partial charge in [-0.2, -0.15) is 12.6 Å². The predicted molar refractivity (Wildman–Crippen MR) is 110 cm³/mol. The largest absolute Gasteiger partial charge is 0.294 e. The van der Waals surface area contributed by atoms with Crippen molar-refractivity contribution in [3.05, 3.63) is 51.2 Å². The minimum atomic E-state index is 0.0724. The summed E-state index contributed by atoms with van der Waals surface area (Å²) in [6.45, 7) is 13.9. The molecule has 1 heterocycles. The zero-order valence-corrected chi connectivity index (χ0v) is 17.0. The van der Waals surface area contributed by atoms with Gasteiger partial charge in [-0.1, -0.05) is 24.8 Å². The molecule has 0 aliphatic carbocycles. The van der Waals surface area contributed by atoms with E-state index in [0.717, 1.165) is 19.3 Å². The molecule has 1 nitrogen and oxygen atoms in total. The number of aryl methyl sites for hydroxylation is 2. The maximum absolute atomic E-state index is 11.8. The number of allylic oxidation sites excluding steroid dienone is 4. The molecule has 0 saturated carbocycles. The SMILES string of the molecule is C=C(/C=C(\C)Cl)C(=O)CCCCC(=C)c1cc(C)sc1C.CS. The van der Waals surface area contributed by atoms with Crippen molar-refractivity contribution in [1.82, 2.24) is 0 Å². The summed E-state index contributed by atoms with van der Waals surface area (Å²) in [5.74, 6) is 0.0724. The molecule has 23 heavy (non-hydrogen) atoms. The van der Waals surface area contributed by atoms with Gasteiger partial charge in [-0.25, -0.2) is 0 Å². The lowest BCUT2D eigenvalue weighted by Gasteiger charge is -2.05. The molecule has 0 radical (unpaired) electrons. The molecule has 4 heteroatoms. The van der Waals surface area contributed by atoms with Crippen molar-refractivity contribution >= 4 is 46.9 Å². The number of rotatable bonds is 8. The summed E-state index contributed by atoms with van der Waals surface area (Å²) in [5, 5.41) is 0.588. The Bertz CT molecular complexity index is 578. The lowest BCUT2D eigenvalue weighted by molar-refractivity contribution is -0.115. The van der Waals surface area contributed by atoms with Crippen molar-refractivity contribution in [2.24, 2.45) is 0 Å². The Labute approximate surface area is 155 Å². The molecule has 0 aliphatic rings. The molecule has 0 fully saturated rings. The highest BCUT2D eigenvalue weighted by atomic mass is 35.5. The lowest BCUT2D eigenvalue weighted by Crippen LogP contribution is -1.99. The van der Waals surface area contributed by atoms with E-state index < -0.39 is 0 Å². The maximum Gasteiger partial charge on any atom is 0.162 e. The fourth-order valence-electron chi connectivity index (χ4n) is 2.22. The van der Waals surface area contributed by atoms with Crippen LogP contribution in [-0.2, 0) is 4.79 Å². The first-order valence-corrected chi connectivity index (χ1v) is 9.66. The van der Waals surface area contributed by atoms with E-state index in [4.69, 9.17) is 11.6 Å². The van der Waals surface area contributed by atoms with Crippen LogP contribution in [-0.4, -0.2) is 12.0 Å². The van der Waals surface area contributed by atoms with E-state index in [2.05, 4.69) is 45.7 Å². The monoisotopic (exact) mass is 370 g/mol. The third kappa shape index (κ3) is 8.59. The molecular weight excluding hydrogens is 344 g/mol. The highest BCUT2D eigenvalue weighted by Crippen LogP contribution is 2.29. The van der Waals surface area contributed by atoms with E-state index in [1.54, 1.807) is 30.6 Å². The van der Waals surface area contributed by atoms with Crippen molar-refractivity contribution < 1.29 is 4.79 Å². The van der Waals surface area contributed by atoms with Gasteiger partial charge in [0.2, 0.25) is 0 Å². The van der Waals surface area contributed by atoms with Gasteiger partial charge in [0, 0.05) is 26.8 Å². The number of carbonyl (C=O) groups is 1. The fourth-order valence-corrected chi connectivity index (χ4v) is 3.33. The molecule has 0 atom stereocenters. The molecule has 0 unspecified atom stereocenters. The smallest absolute Gasteiger partial charge is 0.162 e. The van der Waals surface area contributed by atoms with Gasteiger partial charge in [-0.15, -0.1) is 11.3 Å². The number of halogens is 1. The van der Waals surface area contributed by atoms with Crippen LogP contribution in [0, 0.1) is 13.8 Å². The van der Waals surface area contributed by atoms with Crippen molar-refractivity contribution in [1.29, 1.82) is 0 Å². The van der Waals surface area contributed by atoms with E-state index in [9.17, 15) is 4.79 Å². The molecule has 0 spiro atoms. The molecule has 1 aromatic rings. The van der Waals surface area contributed by atoms with Gasteiger partial charge in [0.25, 0.3) is 0 Å². The molecule has 0 bridgehead atoms. The second-order valence-electron chi connectivity index (χ2n) is 5.32.